The van der Waals surface area contributed by atoms with Crippen molar-refractivity contribution >= 4 is 35.4 Å². The summed E-state index contributed by atoms with van der Waals surface area (Å²) in [6.07, 6.45) is 3.12. The van der Waals surface area contributed by atoms with Crippen molar-refractivity contribution in [3.05, 3.63) is 96.2 Å². The van der Waals surface area contributed by atoms with E-state index in [0.717, 1.165) is 33.2 Å². The number of aliphatic carboxylic acids is 1. The van der Waals surface area contributed by atoms with Crippen LogP contribution in [-0.4, -0.2) is 33.8 Å². The molecule has 3 N–H and O–H groups in total. The number of fused-ring (bicyclic) bond motifs is 1. The quantitative estimate of drug-likeness (QED) is 0.242. The van der Waals surface area contributed by atoms with Gasteiger partial charge >= 0.3 is 5.97 Å². The molecule has 0 aliphatic carbocycles. The summed E-state index contributed by atoms with van der Waals surface area (Å²) >= 11 is 4.33. The van der Waals surface area contributed by atoms with Gasteiger partial charge in [-0.05, 0) is 46.9 Å². The maximum Gasteiger partial charge on any atom is 0.326 e. The van der Waals surface area contributed by atoms with E-state index in [0.29, 0.717) is 18.6 Å². The highest BCUT2D eigenvalue weighted by molar-refractivity contribution is 7.80. The summed E-state index contributed by atoms with van der Waals surface area (Å²) in [6, 6.07) is 25.0. The number of hydrogen-bond donors (Lipinski definition) is 4. The van der Waals surface area contributed by atoms with E-state index >= 15 is 0 Å². The van der Waals surface area contributed by atoms with Gasteiger partial charge in [-0.15, -0.1) is 0 Å². The number of carboxylic acid groups (broad SMARTS) is 1. The third-order valence-electron chi connectivity index (χ3n) is 6.11. The molecule has 1 amide bonds. The highest BCUT2D eigenvalue weighted by atomic mass is 32.1. The first kappa shape index (κ1) is 23.6. The molecule has 0 unspecified atom stereocenters. The molecule has 0 aliphatic heterocycles. The van der Waals surface area contributed by atoms with Crippen LogP contribution in [0.5, 0.6) is 0 Å². The number of amides is 1. The molecule has 0 spiro atoms. The van der Waals surface area contributed by atoms with E-state index in [4.69, 9.17) is 0 Å². The largest absolute Gasteiger partial charge is 0.480 e. The zero-order chi connectivity index (χ0) is 23.9. The molecular formula is C28H28N2O3S. The van der Waals surface area contributed by atoms with Gasteiger partial charge < -0.3 is 15.4 Å². The molecule has 0 aliphatic rings. The SMILES string of the molecule is O=C(N[C@H](Cc1c[nH]c2ccccc12)C(=O)O)[C@H](CCS)Cc1ccc(-c2ccccc2)cc1. The van der Waals surface area contributed by atoms with Gasteiger partial charge in [0.1, 0.15) is 6.04 Å². The summed E-state index contributed by atoms with van der Waals surface area (Å²) in [7, 11) is 0. The number of rotatable bonds is 10. The van der Waals surface area contributed by atoms with Gasteiger partial charge in [-0.1, -0.05) is 72.8 Å². The number of hydrogen-bond acceptors (Lipinski definition) is 3. The van der Waals surface area contributed by atoms with Crippen molar-refractivity contribution in [2.24, 2.45) is 5.92 Å². The molecule has 1 aromatic heterocycles. The molecular weight excluding hydrogens is 444 g/mol. The van der Waals surface area contributed by atoms with Gasteiger partial charge in [0.25, 0.3) is 0 Å². The molecule has 0 radical (unpaired) electrons. The van der Waals surface area contributed by atoms with Crippen LogP contribution in [0.25, 0.3) is 22.0 Å². The van der Waals surface area contributed by atoms with Crippen LogP contribution in [0.15, 0.2) is 85.1 Å². The van der Waals surface area contributed by atoms with E-state index < -0.39 is 12.0 Å². The van der Waals surface area contributed by atoms with Crippen molar-refractivity contribution in [2.75, 3.05) is 5.75 Å². The first-order valence-corrected chi connectivity index (χ1v) is 12.0. The van der Waals surface area contributed by atoms with Crippen LogP contribution in [-0.2, 0) is 22.4 Å². The van der Waals surface area contributed by atoms with Crippen molar-refractivity contribution < 1.29 is 14.7 Å². The Morgan fingerprint density at radius 1 is 0.882 bits per heavy atom. The van der Waals surface area contributed by atoms with E-state index in [9.17, 15) is 14.7 Å². The zero-order valence-electron chi connectivity index (χ0n) is 18.8. The predicted octanol–water partition coefficient (Wildman–Crippen LogP) is 5.13. The number of H-pyrrole nitrogens is 1. The number of thiol groups is 1. The van der Waals surface area contributed by atoms with Gasteiger partial charge in [-0.3, -0.25) is 4.79 Å². The van der Waals surface area contributed by atoms with Gasteiger partial charge in [0.2, 0.25) is 5.91 Å². The fourth-order valence-corrected chi connectivity index (χ4v) is 4.55. The summed E-state index contributed by atoms with van der Waals surface area (Å²) < 4.78 is 0. The molecule has 0 bridgehead atoms. The molecule has 4 rings (SSSR count). The highest BCUT2D eigenvalue weighted by Crippen LogP contribution is 2.22. The molecule has 5 nitrogen and oxygen atoms in total. The molecule has 3 aromatic carbocycles. The van der Waals surface area contributed by atoms with E-state index in [1.54, 1.807) is 0 Å². The second-order valence-electron chi connectivity index (χ2n) is 8.44. The maximum absolute atomic E-state index is 13.1. The Morgan fingerprint density at radius 3 is 2.26 bits per heavy atom. The number of carbonyl (C=O) groups is 2. The molecule has 34 heavy (non-hydrogen) atoms. The zero-order valence-corrected chi connectivity index (χ0v) is 19.7. The van der Waals surface area contributed by atoms with Gasteiger partial charge in [0, 0.05) is 29.4 Å². The van der Waals surface area contributed by atoms with Gasteiger partial charge in [-0.2, -0.15) is 12.6 Å². The summed E-state index contributed by atoms with van der Waals surface area (Å²) in [5.74, 6) is -1.12. The Morgan fingerprint density at radius 2 is 1.56 bits per heavy atom. The summed E-state index contributed by atoms with van der Waals surface area (Å²) in [6.45, 7) is 0. The van der Waals surface area contributed by atoms with Gasteiger partial charge in [-0.25, -0.2) is 4.79 Å². The third-order valence-corrected chi connectivity index (χ3v) is 6.36. The van der Waals surface area contributed by atoms with Crippen molar-refractivity contribution in [3.63, 3.8) is 0 Å². The lowest BCUT2D eigenvalue weighted by atomic mass is 9.94. The average Bonchev–Trinajstić information content (AvgIpc) is 3.27. The Labute approximate surface area is 204 Å². The number of para-hydroxylation sites is 1. The lowest BCUT2D eigenvalue weighted by molar-refractivity contribution is -0.142. The molecule has 1 heterocycles. The average molecular weight is 473 g/mol. The minimum absolute atomic E-state index is 0.213. The van der Waals surface area contributed by atoms with Crippen LogP contribution in [0, 0.1) is 5.92 Å². The first-order chi connectivity index (χ1) is 16.5. The van der Waals surface area contributed by atoms with Gasteiger partial charge in [0.15, 0.2) is 0 Å². The van der Waals surface area contributed by atoms with E-state index in [1.165, 1.54) is 0 Å². The Bertz CT molecular complexity index is 1250. The van der Waals surface area contributed by atoms with Gasteiger partial charge in [0.05, 0.1) is 0 Å². The normalized spacial score (nSPS) is 12.9. The Kier molecular flexibility index (Phi) is 7.70. The van der Waals surface area contributed by atoms with Crippen molar-refractivity contribution in [3.8, 4) is 11.1 Å². The van der Waals surface area contributed by atoms with Crippen LogP contribution in [0.1, 0.15) is 17.5 Å². The van der Waals surface area contributed by atoms with E-state index in [2.05, 4.69) is 47.2 Å². The molecule has 2 atom stereocenters. The summed E-state index contributed by atoms with van der Waals surface area (Å²) in [4.78, 5) is 28.2. The van der Waals surface area contributed by atoms with Crippen LogP contribution < -0.4 is 5.32 Å². The standard InChI is InChI=1S/C28H28N2O3S/c31-27(30-26(28(32)33)17-23-18-29-25-9-5-4-8-24(23)25)22(14-15-34)16-19-10-12-21(13-11-19)20-6-2-1-3-7-20/h1-13,18,22,26,29,34H,14-17H2,(H,30,31)(H,32,33)/t22-,26-/m1/s1. The third kappa shape index (κ3) is 5.69. The second kappa shape index (κ2) is 11.1. The summed E-state index contributed by atoms with van der Waals surface area (Å²) in [5.41, 5.74) is 5.10. The minimum Gasteiger partial charge on any atom is -0.480 e. The first-order valence-electron chi connectivity index (χ1n) is 11.4. The fourth-order valence-electron chi connectivity index (χ4n) is 4.24. The van der Waals surface area contributed by atoms with Crippen LogP contribution in [0.3, 0.4) is 0 Å². The lowest BCUT2D eigenvalue weighted by Crippen LogP contribution is -2.45. The van der Waals surface area contributed by atoms with Crippen molar-refractivity contribution in [1.29, 1.82) is 0 Å². The number of carbonyl (C=O) groups excluding carboxylic acids is 1. The molecule has 4 aromatic rings. The molecule has 0 saturated heterocycles. The number of aromatic amines is 1. The number of nitrogens with one attached hydrogen (secondary N) is 2. The predicted molar refractivity (Wildman–Crippen MR) is 139 cm³/mol. The fraction of sp³-hybridized carbons (Fsp3) is 0.214. The highest BCUT2D eigenvalue weighted by Gasteiger charge is 2.26. The number of carboxylic acids is 1. The minimum atomic E-state index is -1.05. The van der Waals surface area contributed by atoms with Crippen LogP contribution >= 0.6 is 12.6 Å². The van der Waals surface area contributed by atoms with Crippen LogP contribution in [0.4, 0.5) is 0 Å². The lowest BCUT2D eigenvalue weighted by Gasteiger charge is -2.20. The van der Waals surface area contributed by atoms with E-state index in [-0.39, 0.29) is 18.2 Å². The van der Waals surface area contributed by atoms with Crippen molar-refractivity contribution in [1.82, 2.24) is 10.3 Å². The second-order valence-corrected chi connectivity index (χ2v) is 8.89. The molecule has 174 valence electrons. The molecule has 0 saturated carbocycles. The monoisotopic (exact) mass is 472 g/mol. The molecule has 6 heteroatoms. The Balaban J connectivity index is 1.45. The van der Waals surface area contributed by atoms with E-state index in [1.807, 2.05) is 60.8 Å². The van der Waals surface area contributed by atoms with Crippen LogP contribution in [0.2, 0.25) is 0 Å². The van der Waals surface area contributed by atoms with Crippen molar-refractivity contribution in [2.45, 2.75) is 25.3 Å². The topological polar surface area (TPSA) is 82.2 Å². The Hall–Kier alpha value is -3.51. The maximum atomic E-state index is 13.1. The number of benzene rings is 3. The smallest absolute Gasteiger partial charge is 0.326 e. The summed E-state index contributed by atoms with van der Waals surface area (Å²) in [5, 5.41) is 13.5. The molecule has 0 fully saturated rings. The number of aromatic nitrogens is 1.